The Kier molecular flexibility index (Phi) is 3.67. The molecular weight excluding hydrogens is 202 g/mol. The topological polar surface area (TPSA) is 30.5 Å². The smallest absolute Gasteiger partial charge is 0.231 e. The minimum Gasteiger partial charge on any atom is -0.454 e. The molecule has 88 valence electrons. The highest BCUT2D eigenvalue weighted by Crippen LogP contribution is 2.32. The van der Waals surface area contributed by atoms with Crippen LogP contribution in [0, 0.1) is 0 Å². The Hall–Kier alpha value is -1.22. The van der Waals surface area contributed by atoms with E-state index in [2.05, 4.69) is 31.3 Å². The number of fused-ring (bicyclic) bond motifs is 1. The van der Waals surface area contributed by atoms with Gasteiger partial charge in [0.2, 0.25) is 6.79 Å². The summed E-state index contributed by atoms with van der Waals surface area (Å²) < 4.78 is 10.6. The van der Waals surface area contributed by atoms with Gasteiger partial charge in [0.1, 0.15) is 0 Å². The minimum atomic E-state index is 0.355. The Morgan fingerprint density at radius 1 is 1.25 bits per heavy atom. The SMILES string of the molecule is CC(C)NCCCc1ccc2c(c1)OCO2. The van der Waals surface area contributed by atoms with Crippen LogP contribution in [0.5, 0.6) is 11.5 Å². The van der Waals surface area contributed by atoms with E-state index in [1.165, 1.54) is 5.56 Å². The second-order valence-electron chi connectivity index (χ2n) is 4.40. The number of aryl methyl sites for hydroxylation is 1. The normalized spacial score (nSPS) is 13.4. The Labute approximate surface area is 96.8 Å². The molecule has 2 rings (SSSR count). The monoisotopic (exact) mass is 221 g/mol. The molecule has 0 radical (unpaired) electrons. The lowest BCUT2D eigenvalue weighted by Gasteiger charge is -2.07. The average molecular weight is 221 g/mol. The highest BCUT2D eigenvalue weighted by Gasteiger charge is 2.12. The summed E-state index contributed by atoms with van der Waals surface area (Å²) in [5.74, 6) is 1.75. The highest BCUT2D eigenvalue weighted by atomic mass is 16.7. The van der Waals surface area contributed by atoms with Gasteiger partial charge in [-0.25, -0.2) is 0 Å². The number of hydrogen-bond acceptors (Lipinski definition) is 3. The van der Waals surface area contributed by atoms with E-state index in [0.29, 0.717) is 12.8 Å². The summed E-state index contributed by atoms with van der Waals surface area (Å²) in [5.41, 5.74) is 1.31. The summed E-state index contributed by atoms with van der Waals surface area (Å²) >= 11 is 0. The van der Waals surface area contributed by atoms with E-state index >= 15 is 0 Å². The van der Waals surface area contributed by atoms with Crippen LogP contribution in [-0.2, 0) is 6.42 Å². The summed E-state index contributed by atoms with van der Waals surface area (Å²) in [6.45, 7) is 5.75. The molecule has 0 aromatic heterocycles. The summed E-state index contributed by atoms with van der Waals surface area (Å²) in [6.07, 6.45) is 2.23. The van der Waals surface area contributed by atoms with Crippen molar-refractivity contribution in [3.63, 3.8) is 0 Å². The van der Waals surface area contributed by atoms with Crippen LogP contribution < -0.4 is 14.8 Å². The van der Waals surface area contributed by atoms with E-state index in [1.807, 2.05) is 6.07 Å². The van der Waals surface area contributed by atoms with Crippen molar-refractivity contribution < 1.29 is 9.47 Å². The minimum absolute atomic E-state index is 0.355. The summed E-state index contributed by atoms with van der Waals surface area (Å²) in [6, 6.07) is 6.76. The van der Waals surface area contributed by atoms with Gasteiger partial charge < -0.3 is 14.8 Å². The van der Waals surface area contributed by atoms with E-state index in [1.54, 1.807) is 0 Å². The zero-order chi connectivity index (χ0) is 11.4. The maximum atomic E-state index is 5.35. The molecule has 16 heavy (non-hydrogen) atoms. The fourth-order valence-corrected chi connectivity index (χ4v) is 1.78. The third-order valence-corrected chi connectivity index (χ3v) is 2.63. The quantitative estimate of drug-likeness (QED) is 0.774. The van der Waals surface area contributed by atoms with Crippen LogP contribution in [0.25, 0.3) is 0 Å². The Balaban J connectivity index is 1.81. The van der Waals surface area contributed by atoms with Crippen molar-refractivity contribution in [3.8, 4) is 11.5 Å². The van der Waals surface area contributed by atoms with Gasteiger partial charge in [-0.1, -0.05) is 19.9 Å². The highest BCUT2D eigenvalue weighted by molar-refractivity contribution is 5.44. The van der Waals surface area contributed by atoms with E-state index in [0.717, 1.165) is 30.9 Å². The van der Waals surface area contributed by atoms with Gasteiger partial charge in [-0.15, -0.1) is 0 Å². The molecule has 0 saturated carbocycles. The fourth-order valence-electron chi connectivity index (χ4n) is 1.78. The lowest BCUT2D eigenvalue weighted by atomic mass is 10.1. The van der Waals surface area contributed by atoms with Crippen LogP contribution in [0.3, 0.4) is 0 Å². The van der Waals surface area contributed by atoms with Gasteiger partial charge in [-0.3, -0.25) is 0 Å². The molecular formula is C13H19NO2. The van der Waals surface area contributed by atoms with E-state index in [9.17, 15) is 0 Å². The van der Waals surface area contributed by atoms with E-state index in [-0.39, 0.29) is 0 Å². The number of ether oxygens (including phenoxy) is 2. The van der Waals surface area contributed by atoms with Crippen molar-refractivity contribution in [3.05, 3.63) is 23.8 Å². The molecule has 3 nitrogen and oxygen atoms in total. The zero-order valence-electron chi connectivity index (χ0n) is 9.95. The first-order valence-corrected chi connectivity index (χ1v) is 5.87. The molecule has 1 aliphatic rings. The number of benzene rings is 1. The largest absolute Gasteiger partial charge is 0.454 e. The van der Waals surface area contributed by atoms with Gasteiger partial charge in [0.15, 0.2) is 11.5 Å². The molecule has 1 aromatic rings. The molecule has 0 atom stereocenters. The number of hydrogen-bond donors (Lipinski definition) is 1. The van der Waals surface area contributed by atoms with Crippen molar-refractivity contribution in [2.45, 2.75) is 32.7 Å². The van der Waals surface area contributed by atoms with Gasteiger partial charge in [0.05, 0.1) is 0 Å². The standard InChI is InChI=1S/C13H19NO2/c1-10(2)14-7-3-4-11-5-6-12-13(8-11)16-9-15-12/h5-6,8,10,14H,3-4,7,9H2,1-2H3. The third kappa shape index (κ3) is 2.89. The van der Waals surface area contributed by atoms with Gasteiger partial charge >= 0.3 is 0 Å². The third-order valence-electron chi connectivity index (χ3n) is 2.63. The van der Waals surface area contributed by atoms with Crippen molar-refractivity contribution >= 4 is 0 Å². The van der Waals surface area contributed by atoms with Crippen molar-refractivity contribution in [2.24, 2.45) is 0 Å². The van der Waals surface area contributed by atoms with Gasteiger partial charge in [0.25, 0.3) is 0 Å². The number of rotatable bonds is 5. The molecule has 0 spiro atoms. The zero-order valence-corrected chi connectivity index (χ0v) is 9.95. The van der Waals surface area contributed by atoms with E-state index < -0.39 is 0 Å². The lowest BCUT2D eigenvalue weighted by Crippen LogP contribution is -2.23. The molecule has 1 heterocycles. The number of nitrogens with one attached hydrogen (secondary N) is 1. The molecule has 0 unspecified atom stereocenters. The molecule has 1 aromatic carbocycles. The Morgan fingerprint density at radius 3 is 2.88 bits per heavy atom. The lowest BCUT2D eigenvalue weighted by molar-refractivity contribution is 0.174. The molecule has 1 N–H and O–H groups in total. The van der Waals surface area contributed by atoms with E-state index in [4.69, 9.17) is 9.47 Å². The first kappa shape index (κ1) is 11.3. The Morgan fingerprint density at radius 2 is 2.06 bits per heavy atom. The maximum Gasteiger partial charge on any atom is 0.231 e. The molecule has 0 amide bonds. The fraction of sp³-hybridized carbons (Fsp3) is 0.538. The van der Waals surface area contributed by atoms with Gasteiger partial charge in [-0.2, -0.15) is 0 Å². The molecule has 1 aliphatic heterocycles. The van der Waals surface area contributed by atoms with Crippen molar-refractivity contribution in [2.75, 3.05) is 13.3 Å². The maximum absolute atomic E-state index is 5.35. The van der Waals surface area contributed by atoms with Crippen molar-refractivity contribution in [1.82, 2.24) is 5.32 Å². The van der Waals surface area contributed by atoms with Crippen LogP contribution in [0.1, 0.15) is 25.8 Å². The summed E-state index contributed by atoms with van der Waals surface area (Å²) in [4.78, 5) is 0. The molecule has 0 bridgehead atoms. The second kappa shape index (κ2) is 5.21. The van der Waals surface area contributed by atoms with Gasteiger partial charge in [-0.05, 0) is 37.1 Å². The second-order valence-corrected chi connectivity index (χ2v) is 4.40. The predicted molar refractivity (Wildman–Crippen MR) is 64.0 cm³/mol. The van der Waals surface area contributed by atoms with Gasteiger partial charge in [0, 0.05) is 6.04 Å². The summed E-state index contributed by atoms with van der Waals surface area (Å²) in [5, 5.41) is 3.41. The van der Waals surface area contributed by atoms with Crippen LogP contribution in [0.4, 0.5) is 0 Å². The summed E-state index contributed by atoms with van der Waals surface area (Å²) in [7, 11) is 0. The predicted octanol–water partition coefficient (Wildman–Crippen LogP) is 2.35. The first-order chi connectivity index (χ1) is 7.75. The Bertz CT molecular complexity index is 350. The van der Waals surface area contributed by atoms with Crippen LogP contribution in [-0.4, -0.2) is 19.4 Å². The van der Waals surface area contributed by atoms with Crippen LogP contribution >= 0.6 is 0 Å². The molecule has 0 saturated heterocycles. The molecule has 0 aliphatic carbocycles. The molecule has 0 fully saturated rings. The molecule has 3 heteroatoms. The van der Waals surface area contributed by atoms with Crippen LogP contribution in [0.2, 0.25) is 0 Å². The average Bonchev–Trinajstić information content (AvgIpc) is 2.71. The van der Waals surface area contributed by atoms with Crippen LogP contribution in [0.15, 0.2) is 18.2 Å². The van der Waals surface area contributed by atoms with Crippen molar-refractivity contribution in [1.29, 1.82) is 0 Å². The first-order valence-electron chi connectivity index (χ1n) is 5.87.